The largest absolute Gasteiger partial charge is 0.268 e. The second-order valence-corrected chi connectivity index (χ2v) is 7.59. The number of hydrogen-bond donors (Lipinski definition) is 0. The van der Waals surface area contributed by atoms with E-state index < -0.39 is 10.0 Å². The first-order valence-electron chi connectivity index (χ1n) is 7.40. The standard InChI is InChI=1S/C15H18N4O3S/c1-23(21,22)19-9-3-5-13(19)11-18-15(20)7-6-14(17-18)12-4-2-8-16-10-12/h2,4,6-8,10,13H,3,5,9,11H2,1H3. The number of rotatable bonds is 4. The normalized spacial score (nSPS) is 19.1. The van der Waals surface area contributed by atoms with Crippen molar-refractivity contribution in [3.63, 3.8) is 0 Å². The molecule has 0 saturated carbocycles. The Labute approximate surface area is 134 Å². The number of pyridine rings is 1. The molecule has 1 aliphatic rings. The lowest BCUT2D eigenvalue weighted by Crippen LogP contribution is -2.40. The molecule has 0 bridgehead atoms. The number of hydrogen-bond acceptors (Lipinski definition) is 5. The van der Waals surface area contributed by atoms with Crippen molar-refractivity contribution in [1.82, 2.24) is 19.1 Å². The summed E-state index contributed by atoms with van der Waals surface area (Å²) in [7, 11) is -3.27. The Morgan fingerprint density at radius 1 is 1.30 bits per heavy atom. The molecule has 0 aliphatic carbocycles. The van der Waals surface area contributed by atoms with Crippen LogP contribution >= 0.6 is 0 Å². The molecule has 0 amide bonds. The van der Waals surface area contributed by atoms with Gasteiger partial charge < -0.3 is 0 Å². The summed E-state index contributed by atoms with van der Waals surface area (Å²) in [6.45, 7) is 0.764. The molecule has 1 unspecified atom stereocenters. The van der Waals surface area contributed by atoms with Crippen molar-refractivity contribution < 1.29 is 8.42 Å². The van der Waals surface area contributed by atoms with E-state index in [9.17, 15) is 13.2 Å². The van der Waals surface area contributed by atoms with E-state index in [1.807, 2.05) is 6.07 Å². The quantitative estimate of drug-likeness (QED) is 0.823. The molecule has 7 nitrogen and oxygen atoms in total. The first-order valence-corrected chi connectivity index (χ1v) is 9.25. The molecule has 0 radical (unpaired) electrons. The fraction of sp³-hybridized carbons (Fsp3) is 0.400. The first-order chi connectivity index (χ1) is 10.9. The van der Waals surface area contributed by atoms with Crippen molar-refractivity contribution in [2.75, 3.05) is 12.8 Å². The van der Waals surface area contributed by atoms with Crippen molar-refractivity contribution in [3.8, 4) is 11.3 Å². The molecule has 23 heavy (non-hydrogen) atoms. The maximum absolute atomic E-state index is 12.1. The van der Waals surface area contributed by atoms with Crippen LogP contribution in [0.2, 0.25) is 0 Å². The van der Waals surface area contributed by atoms with E-state index in [0.29, 0.717) is 12.2 Å². The number of nitrogens with zero attached hydrogens (tertiary/aromatic N) is 4. The summed E-state index contributed by atoms with van der Waals surface area (Å²) >= 11 is 0. The summed E-state index contributed by atoms with van der Waals surface area (Å²) in [4.78, 5) is 16.1. The summed E-state index contributed by atoms with van der Waals surface area (Å²) in [6, 6.07) is 6.55. The van der Waals surface area contributed by atoms with E-state index in [0.717, 1.165) is 18.4 Å². The average Bonchev–Trinajstić information content (AvgIpc) is 2.99. The van der Waals surface area contributed by atoms with E-state index >= 15 is 0 Å². The van der Waals surface area contributed by atoms with Crippen molar-refractivity contribution in [3.05, 3.63) is 47.0 Å². The average molecular weight is 334 g/mol. The highest BCUT2D eigenvalue weighted by molar-refractivity contribution is 7.88. The van der Waals surface area contributed by atoms with Crippen LogP contribution in [0.5, 0.6) is 0 Å². The lowest BCUT2D eigenvalue weighted by molar-refractivity contribution is 0.338. The van der Waals surface area contributed by atoms with Gasteiger partial charge in [-0.3, -0.25) is 9.78 Å². The minimum Gasteiger partial charge on any atom is -0.268 e. The van der Waals surface area contributed by atoms with Crippen molar-refractivity contribution >= 4 is 10.0 Å². The van der Waals surface area contributed by atoms with Gasteiger partial charge in [-0.15, -0.1) is 0 Å². The highest BCUT2D eigenvalue weighted by atomic mass is 32.2. The predicted octanol–water partition coefficient (Wildman–Crippen LogP) is 0.729. The van der Waals surface area contributed by atoms with Gasteiger partial charge in [-0.1, -0.05) is 0 Å². The van der Waals surface area contributed by atoms with Crippen LogP contribution in [-0.4, -0.2) is 46.3 Å². The molecule has 0 N–H and O–H groups in total. The van der Waals surface area contributed by atoms with E-state index in [2.05, 4.69) is 10.1 Å². The third-order valence-electron chi connectivity index (χ3n) is 3.96. The fourth-order valence-electron chi connectivity index (χ4n) is 2.88. The maximum Gasteiger partial charge on any atom is 0.266 e. The topological polar surface area (TPSA) is 85.2 Å². The Bertz CT molecular complexity index is 849. The zero-order chi connectivity index (χ0) is 16.4. The predicted molar refractivity (Wildman–Crippen MR) is 86.3 cm³/mol. The molecular weight excluding hydrogens is 316 g/mol. The third-order valence-corrected chi connectivity index (χ3v) is 5.29. The minimum atomic E-state index is -3.27. The van der Waals surface area contributed by atoms with Gasteiger partial charge in [0.15, 0.2) is 0 Å². The van der Waals surface area contributed by atoms with Crippen LogP contribution in [0, 0.1) is 0 Å². The monoisotopic (exact) mass is 334 g/mol. The van der Waals surface area contributed by atoms with Crippen LogP contribution in [-0.2, 0) is 16.6 Å². The minimum absolute atomic E-state index is 0.223. The summed E-state index contributed by atoms with van der Waals surface area (Å²) in [5.41, 5.74) is 1.22. The first kappa shape index (κ1) is 15.8. The van der Waals surface area contributed by atoms with Crippen molar-refractivity contribution in [2.45, 2.75) is 25.4 Å². The highest BCUT2D eigenvalue weighted by Gasteiger charge is 2.32. The molecule has 2 aromatic rings. The van der Waals surface area contributed by atoms with Crippen LogP contribution in [0.4, 0.5) is 0 Å². The number of sulfonamides is 1. The van der Waals surface area contributed by atoms with Crippen molar-refractivity contribution in [2.24, 2.45) is 0 Å². The second-order valence-electron chi connectivity index (χ2n) is 5.65. The summed E-state index contributed by atoms with van der Waals surface area (Å²) in [5.74, 6) is 0. The molecule has 1 fully saturated rings. The Morgan fingerprint density at radius 2 is 2.13 bits per heavy atom. The molecule has 0 aromatic carbocycles. The van der Waals surface area contributed by atoms with Crippen LogP contribution in [0.15, 0.2) is 41.5 Å². The van der Waals surface area contributed by atoms with Gasteiger partial charge >= 0.3 is 0 Å². The lowest BCUT2D eigenvalue weighted by Gasteiger charge is -2.22. The molecule has 0 spiro atoms. The van der Waals surface area contributed by atoms with Crippen molar-refractivity contribution in [1.29, 1.82) is 0 Å². The van der Waals surface area contributed by atoms with E-state index in [1.165, 1.54) is 21.3 Å². The van der Waals surface area contributed by atoms with E-state index in [1.54, 1.807) is 24.5 Å². The fourth-order valence-corrected chi connectivity index (χ4v) is 4.05. The molecule has 8 heteroatoms. The zero-order valence-electron chi connectivity index (χ0n) is 12.8. The number of aromatic nitrogens is 3. The summed E-state index contributed by atoms with van der Waals surface area (Å²) in [6.07, 6.45) is 6.08. The highest BCUT2D eigenvalue weighted by Crippen LogP contribution is 2.21. The Balaban J connectivity index is 1.90. The van der Waals surface area contributed by atoms with Crippen LogP contribution in [0.25, 0.3) is 11.3 Å². The molecule has 3 heterocycles. The van der Waals surface area contributed by atoms with Crippen LogP contribution in [0.3, 0.4) is 0 Å². The Morgan fingerprint density at radius 3 is 2.83 bits per heavy atom. The van der Waals surface area contributed by atoms with Gasteiger partial charge in [0, 0.05) is 36.6 Å². The van der Waals surface area contributed by atoms with Gasteiger partial charge in [0.25, 0.3) is 5.56 Å². The van der Waals surface area contributed by atoms with Crippen LogP contribution in [0.1, 0.15) is 12.8 Å². The molecule has 2 aromatic heterocycles. The Hall–Kier alpha value is -2.06. The zero-order valence-corrected chi connectivity index (χ0v) is 13.6. The molecule has 1 saturated heterocycles. The van der Waals surface area contributed by atoms with Gasteiger partial charge in [-0.05, 0) is 31.0 Å². The lowest BCUT2D eigenvalue weighted by atomic mass is 10.2. The smallest absolute Gasteiger partial charge is 0.266 e. The van der Waals surface area contributed by atoms with E-state index in [4.69, 9.17) is 0 Å². The van der Waals surface area contributed by atoms with Gasteiger partial charge in [0.1, 0.15) is 0 Å². The Kier molecular flexibility index (Phi) is 4.27. The maximum atomic E-state index is 12.1. The molecule has 1 aliphatic heterocycles. The second kappa shape index (κ2) is 6.21. The van der Waals surface area contributed by atoms with Gasteiger partial charge in [0.05, 0.1) is 18.5 Å². The third kappa shape index (κ3) is 3.48. The van der Waals surface area contributed by atoms with Crippen LogP contribution < -0.4 is 5.56 Å². The van der Waals surface area contributed by atoms with Gasteiger partial charge in [-0.25, -0.2) is 13.1 Å². The molecule has 1 atom stereocenters. The molecular formula is C15H18N4O3S. The molecule has 122 valence electrons. The molecule has 3 rings (SSSR count). The SMILES string of the molecule is CS(=O)(=O)N1CCCC1Cn1nc(-c2cccnc2)ccc1=O. The van der Waals surface area contributed by atoms with E-state index in [-0.39, 0.29) is 18.1 Å². The summed E-state index contributed by atoms with van der Waals surface area (Å²) < 4.78 is 26.4. The summed E-state index contributed by atoms with van der Waals surface area (Å²) in [5, 5.41) is 4.37. The van der Waals surface area contributed by atoms with Gasteiger partial charge in [0.2, 0.25) is 10.0 Å². The van der Waals surface area contributed by atoms with Gasteiger partial charge in [-0.2, -0.15) is 9.40 Å².